The third kappa shape index (κ3) is 4.10. The Balaban J connectivity index is 1.62. The Morgan fingerprint density at radius 3 is 2.33 bits per heavy atom. The van der Waals surface area contributed by atoms with Crippen LogP contribution in [0.2, 0.25) is 0 Å². The Morgan fingerprint density at radius 2 is 1.73 bits per heavy atom. The fraction of sp³-hybridized carbons (Fsp3) is 0.458. The van der Waals surface area contributed by atoms with Gasteiger partial charge in [-0.1, -0.05) is 30.2 Å². The van der Waals surface area contributed by atoms with Crippen molar-refractivity contribution < 1.29 is 13.2 Å². The lowest BCUT2D eigenvalue weighted by Gasteiger charge is -2.27. The molecule has 30 heavy (non-hydrogen) atoms. The van der Waals surface area contributed by atoms with Crippen LogP contribution in [0.1, 0.15) is 42.4 Å². The summed E-state index contributed by atoms with van der Waals surface area (Å²) in [6.07, 6.45) is 4.63. The molecule has 2 aromatic carbocycles. The topological polar surface area (TPSA) is 66.5 Å². The minimum atomic E-state index is -3.87. The van der Waals surface area contributed by atoms with Crippen molar-refractivity contribution in [2.75, 3.05) is 10.8 Å². The van der Waals surface area contributed by atoms with E-state index in [4.69, 9.17) is 0 Å². The summed E-state index contributed by atoms with van der Waals surface area (Å²) in [6.45, 7) is 5.64. The van der Waals surface area contributed by atoms with Gasteiger partial charge in [-0.15, -0.1) is 0 Å². The van der Waals surface area contributed by atoms with Gasteiger partial charge in [0.1, 0.15) is 6.54 Å². The second-order valence-electron chi connectivity index (χ2n) is 8.94. The van der Waals surface area contributed by atoms with Crippen LogP contribution < -0.4 is 9.62 Å². The number of hydrogen-bond donors (Lipinski definition) is 1. The van der Waals surface area contributed by atoms with Gasteiger partial charge in [0.2, 0.25) is 5.91 Å². The first kappa shape index (κ1) is 20.9. The summed E-state index contributed by atoms with van der Waals surface area (Å²) in [5.74, 6) is 1.02. The van der Waals surface area contributed by atoms with E-state index in [2.05, 4.69) is 5.32 Å². The van der Waals surface area contributed by atoms with Crippen molar-refractivity contribution in [2.24, 2.45) is 11.8 Å². The molecule has 0 aliphatic heterocycles. The Hall–Kier alpha value is -2.34. The van der Waals surface area contributed by atoms with Crippen molar-refractivity contribution in [3.05, 3.63) is 59.2 Å². The molecule has 3 unspecified atom stereocenters. The molecule has 4 rings (SSSR count). The summed E-state index contributed by atoms with van der Waals surface area (Å²) in [4.78, 5) is 13.1. The molecule has 0 aromatic heterocycles. The number of carbonyl (C=O) groups is 1. The van der Waals surface area contributed by atoms with Crippen LogP contribution in [0.15, 0.2) is 47.4 Å². The summed E-state index contributed by atoms with van der Waals surface area (Å²) in [6, 6.07) is 12.5. The van der Waals surface area contributed by atoms with Gasteiger partial charge in [0.15, 0.2) is 0 Å². The van der Waals surface area contributed by atoms with Crippen LogP contribution in [0.4, 0.5) is 5.69 Å². The van der Waals surface area contributed by atoms with Gasteiger partial charge in [0.25, 0.3) is 10.0 Å². The van der Waals surface area contributed by atoms with E-state index < -0.39 is 10.0 Å². The first-order valence-electron chi connectivity index (χ1n) is 10.7. The monoisotopic (exact) mass is 426 g/mol. The lowest BCUT2D eigenvalue weighted by molar-refractivity contribution is -0.120. The number of carbonyl (C=O) groups excluding carboxylic acids is 1. The fourth-order valence-electron chi connectivity index (χ4n) is 4.84. The number of anilines is 1. The molecule has 2 fully saturated rings. The highest BCUT2D eigenvalue weighted by Gasteiger charge is 2.40. The second-order valence-corrected chi connectivity index (χ2v) is 10.8. The summed E-state index contributed by atoms with van der Waals surface area (Å²) < 4.78 is 28.2. The Morgan fingerprint density at radius 1 is 1.00 bits per heavy atom. The molecule has 160 valence electrons. The van der Waals surface area contributed by atoms with Gasteiger partial charge in [-0.05, 0) is 87.3 Å². The molecule has 2 bridgehead atoms. The molecular weight excluding hydrogens is 396 g/mol. The smallest absolute Gasteiger partial charge is 0.264 e. The third-order valence-electron chi connectivity index (χ3n) is 6.76. The van der Waals surface area contributed by atoms with Crippen molar-refractivity contribution in [1.29, 1.82) is 0 Å². The van der Waals surface area contributed by atoms with E-state index >= 15 is 0 Å². The molecule has 1 N–H and O–H groups in total. The van der Waals surface area contributed by atoms with Crippen molar-refractivity contribution in [2.45, 2.75) is 57.4 Å². The lowest BCUT2D eigenvalue weighted by atomic mass is 9.95. The predicted octanol–water partition coefficient (Wildman–Crippen LogP) is 4.11. The van der Waals surface area contributed by atoms with Crippen molar-refractivity contribution >= 4 is 21.6 Å². The molecule has 1 amide bonds. The summed E-state index contributed by atoms with van der Waals surface area (Å²) in [5, 5.41) is 3.12. The Kier molecular flexibility index (Phi) is 5.62. The third-order valence-corrected chi connectivity index (χ3v) is 8.55. The van der Waals surface area contributed by atoms with Crippen molar-refractivity contribution in [3.8, 4) is 0 Å². The van der Waals surface area contributed by atoms with Gasteiger partial charge in [0, 0.05) is 6.04 Å². The minimum absolute atomic E-state index is 0.180. The largest absolute Gasteiger partial charge is 0.352 e. The van der Waals surface area contributed by atoms with Crippen LogP contribution in [0.5, 0.6) is 0 Å². The number of nitrogens with zero attached hydrogens (tertiary/aromatic N) is 1. The van der Waals surface area contributed by atoms with E-state index in [1.54, 1.807) is 30.3 Å². The minimum Gasteiger partial charge on any atom is -0.352 e. The van der Waals surface area contributed by atoms with Crippen molar-refractivity contribution in [3.63, 3.8) is 0 Å². The summed E-state index contributed by atoms with van der Waals surface area (Å²) in [5.41, 5.74) is 3.57. The number of benzene rings is 2. The Bertz CT molecular complexity index is 1050. The van der Waals surface area contributed by atoms with Gasteiger partial charge in [-0.25, -0.2) is 8.42 Å². The number of amides is 1. The maximum atomic E-state index is 13.5. The van der Waals surface area contributed by atoms with Crippen LogP contribution >= 0.6 is 0 Å². The molecule has 2 saturated carbocycles. The van der Waals surface area contributed by atoms with Crippen LogP contribution in [-0.2, 0) is 14.8 Å². The quantitative estimate of drug-likeness (QED) is 0.756. The molecule has 0 spiro atoms. The number of nitrogens with one attached hydrogen (secondary N) is 1. The van der Waals surface area contributed by atoms with Crippen molar-refractivity contribution in [1.82, 2.24) is 5.32 Å². The van der Waals surface area contributed by atoms with E-state index in [1.807, 2.05) is 32.9 Å². The summed E-state index contributed by atoms with van der Waals surface area (Å²) >= 11 is 0. The maximum absolute atomic E-state index is 13.5. The average molecular weight is 427 g/mol. The van der Waals surface area contributed by atoms with Crippen LogP contribution in [0, 0.1) is 32.6 Å². The van der Waals surface area contributed by atoms with E-state index in [-0.39, 0.29) is 23.4 Å². The zero-order valence-electron chi connectivity index (χ0n) is 17.9. The highest BCUT2D eigenvalue weighted by atomic mass is 32.2. The SMILES string of the molecule is Cc1ccc(S(=O)(=O)N(CC(=O)NC2CC3CCC2C3)c2ccc(C)c(C)c2)cc1. The van der Waals surface area contributed by atoms with E-state index in [1.165, 1.54) is 17.1 Å². The zero-order valence-corrected chi connectivity index (χ0v) is 18.7. The zero-order chi connectivity index (χ0) is 21.5. The molecule has 3 atom stereocenters. The van der Waals surface area contributed by atoms with Gasteiger partial charge >= 0.3 is 0 Å². The first-order chi connectivity index (χ1) is 14.2. The molecule has 2 aliphatic rings. The van der Waals surface area contributed by atoms with Gasteiger partial charge < -0.3 is 5.32 Å². The molecule has 6 heteroatoms. The highest BCUT2D eigenvalue weighted by molar-refractivity contribution is 7.92. The number of aryl methyl sites for hydroxylation is 3. The van der Waals surface area contributed by atoms with E-state index in [9.17, 15) is 13.2 Å². The predicted molar refractivity (Wildman–Crippen MR) is 119 cm³/mol. The number of fused-ring (bicyclic) bond motifs is 2. The van der Waals surface area contributed by atoms with Gasteiger partial charge in [0.05, 0.1) is 10.6 Å². The van der Waals surface area contributed by atoms with Gasteiger partial charge in [-0.3, -0.25) is 9.10 Å². The molecule has 2 aromatic rings. The molecule has 0 radical (unpaired) electrons. The molecule has 2 aliphatic carbocycles. The second kappa shape index (κ2) is 8.06. The molecule has 5 nitrogen and oxygen atoms in total. The van der Waals surface area contributed by atoms with Crippen LogP contribution in [0.3, 0.4) is 0 Å². The number of rotatable bonds is 6. The average Bonchev–Trinajstić information content (AvgIpc) is 3.32. The number of hydrogen-bond acceptors (Lipinski definition) is 3. The van der Waals surface area contributed by atoms with E-state index in [0.29, 0.717) is 17.5 Å². The fourth-order valence-corrected chi connectivity index (χ4v) is 6.25. The molecule has 0 heterocycles. The maximum Gasteiger partial charge on any atom is 0.264 e. The first-order valence-corrected chi connectivity index (χ1v) is 12.1. The number of sulfonamides is 1. The van der Waals surface area contributed by atoms with Crippen LogP contribution in [-0.4, -0.2) is 26.9 Å². The normalized spacial score (nSPS) is 22.8. The summed E-state index contributed by atoms with van der Waals surface area (Å²) in [7, 11) is -3.87. The molecular formula is C24H30N2O3S. The Labute approximate surface area is 179 Å². The highest BCUT2D eigenvalue weighted by Crippen LogP contribution is 2.44. The lowest BCUT2D eigenvalue weighted by Crippen LogP contribution is -2.46. The van der Waals surface area contributed by atoms with Gasteiger partial charge in [-0.2, -0.15) is 0 Å². The van der Waals surface area contributed by atoms with Crippen LogP contribution in [0.25, 0.3) is 0 Å². The molecule has 0 saturated heterocycles. The standard InChI is InChI=1S/C24H30N2O3S/c1-16-4-10-22(11-5-16)30(28,29)26(21-9-6-17(2)18(3)12-21)15-24(27)25-23-14-19-7-8-20(23)13-19/h4-6,9-12,19-20,23H,7-8,13-15H2,1-3H3,(H,25,27). The van der Waals surface area contributed by atoms with E-state index in [0.717, 1.165) is 29.5 Å².